The van der Waals surface area contributed by atoms with Gasteiger partial charge in [-0.2, -0.15) is 0 Å². The molecule has 0 radical (unpaired) electrons. The number of amides is 2. The zero-order valence-corrected chi connectivity index (χ0v) is 15.6. The van der Waals surface area contributed by atoms with Crippen LogP contribution in [0.1, 0.15) is 6.42 Å². The topological polar surface area (TPSA) is 88.2 Å². The van der Waals surface area contributed by atoms with Crippen LogP contribution in [-0.4, -0.2) is 49.0 Å². The highest BCUT2D eigenvalue weighted by molar-refractivity contribution is 6.22. The van der Waals surface area contributed by atoms with E-state index in [9.17, 15) is 24.1 Å². The molecular formula is C20H20FN4O4+. The van der Waals surface area contributed by atoms with Gasteiger partial charge in [-0.05, 0) is 18.2 Å². The van der Waals surface area contributed by atoms with Crippen molar-refractivity contribution in [1.29, 1.82) is 0 Å². The van der Waals surface area contributed by atoms with E-state index < -0.39 is 11.0 Å². The van der Waals surface area contributed by atoms with Crippen molar-refractivity contribution >= 4 is 28.9 Å². The third-order valence-corrected chi connectivity index (χ3v) is 5.54. The average Bonchev–Trinajstić information content (AvgIpc) is 3.02. The molecule has 0 aliphatic carbocycles. The number of hydrogen-bond acceptors (Lipinski definition) is 5. The smallest absolute Gasteiger partial charge is 0.292 e. The van der Waals surface area contributed by atoms with Gasteiger partial charge in [-0.25, -0.2) is 9.29 Å². The SMILES string of the molecule is O=C1C[C@H]([NH+]2CCN(c3ccccc3F)CC2)C(=O)N1c1cccc([N+](=O)[O-])c1. The number of non-ortho nitro benzene ring substituents is 1. The van der Waals surface area contributed by atoms with Crippen LogP contribution < -0.4 is 14.7 Å². The van der Waals surface area contributed by atoms with Gasteiger partial charge in [0.05, 0.1) is 48.9 Å². The molecule has 8 nitrogen and oxygen atoms in total. The third kappa shape index (κ3) is 3.56. The van der Waals surface area contributed by atoms with Crippen LogP contribution in [0.4, 0.5) is 21.5 Å². The second kappa shape index (κ2) is 7.59. The summed E-state index contributed by atoms with van der Waals surface area (Å²) in [6.45, 7) is 2.34. The fourth-order valence-electron chi connectivity index (χ4n) is 4.06. The van der Waals surface area contributed by atoms with Crippen LogP contribution in [0.2, 0.25) is 0 Å². The van der Waals surface area contributed by atoms with E-state index in [1.165, 1.54) is 30.3 Å². The molecule has 2 fully saturated rings. The molecule has 2 heterocycles. The predicted octanol–water partition coefficient (Wildman–Crippen LogP) is 0.771. The van der Waals surface area contributed by atoms with Gasteiger partial charge in [-0.15, -0.1) is 0 Å². The van der Waals surface area contributed by atoms with Crippen LogP contribution in [0, 0.1) is 15.9 Å². The van der Waals surface area contributed by atoms with E-state index in [4.69, 9.17) is 0 Å². The number of nitrogens with zero attached hydrogens (tertiary/aromatic N) is 3. The van der Waals surface area contributed by atoms with Gasteiger partial charge in [0, 0.05) is 12.1 Å². The monoisotopic (exact) mass is 399 g/mol. The molecule has 2 amide bonds. The molecule has 9 heteroatoms. The summed E-state index contributed by atoms with van der Waals surface area (Å²) in [4.78, 5) is 39.9. The number of hydrogen-bond donors (Lipinski definition) is 1. The van der Waals surface area contributed by atoms with Crippen LogP contribution in [0.25, 0.3) is 0 Å². The van der Waals surface area contributed by atoms with Gasteiger partial charge in [0.2, 0.25) is 5.91 Å². The number of carbonyl (C=O) groups is 2. The Kier molecular flexibility index (Phi) is 4.98. The highest BCUT2D eigenvalue weighted by Crippen LogP contribution is 2.26. The molecule has 4 rings (SSSR count). The molecule has 1 atom stereocenters. The number of piperazine rings is 1. The van der Waals surface area contributed by atoms with E-state index >= 15 is 0 Å². The van der Waals surface area contributed by atoms with E-state index in [0.717, 1.165) is 9.80 Å². The van der Waals surface area contributed by atoms with Gasteiger partial charge in [-0.1, -0.05) is 18.2 Å². The number of rotatable bonds is 4. The number of nitrogens with one attached hydrogen (secondary N) is 1. The van der Waals surface area contributed by atoms with E-state index in [1.807, 2.05) is 4.90 Å². The van der Waals surface area contributed by atoms with Crippen molar-refractivity contribution in [2.75, 3.05) is 36.0 Å². The van der Waals surface area contributed by atoms with Crippen LogP contribution in [-0.2, 0) is 9.59 Å². The van der Waals surface area contributed by atoms with Gasteiger partial charge < -0.3 is 9.80 Å². The quantitative estimate of drug-likeness (QED) is 0.466. The standard InChI is InChI=1S/C20H19FN4O4/c21-16-6-1-2-7-17(16)22-8-10-23(11-9-22)18-13-19(26)24(20(18)27)14-4-3-5-15(12-14)25(28)29/h1-7,12,18H,8-11,13H2/p+1/t18-/m0/s1. The summed E-state index contributed by atoms with van der Waals surface area (Å²) in [5, 5.41) is 11.0. The highest BCUT2D eigenvalue weighted by atomic mass is 19.1. The van der Waals surface area contributed by atoms with E-state index in [-0.39, 0.29) is 35.4 Å². The van der Waals surface area contributed by atoms with Crippen molar-refractivity contribution in [2.24, 2.45) is 0 Å². The fourth-order valence-corrected chi connectivity index (χ4v) is 4.06. The lowest BCUT2D eigenvalue weighted by molar-refractivity contribution is -0.915. The molecule has 29 heavy (non-hydrogen) atoms. The largest absolute Gasteiger partial charge is 0.358 e. The Morgan fingerprint density at radius 2 is 1.79 bits per heavy atom. The lowest BCUT2D eigenvalue weighted by atomic mass is 10.1. The van der Waals surface area contributed by atoms with Crippen molar-refractivity contribution in [2.45, 2.75) is 12.5 Å². The number of nitro groups is 1. The zero-order chi connectivity index (χ0) is 20.5. The highest BCUT2D eigenvalue weighted by Gasteiger charge is 2.46. The van der Waals surface area contributed by atoms with Gasteiger partial charge in [0.15, 0.2) is 6.04 Å². The summed E-state index contributed by atoms with van der Waals surface area (Å²) in [5.74, 6) is -0.978. The van der Waals surface area contributed by atoms with E-state index in [2.05, 4.69) is 0 Å². The van der Waals surface area contributed by atoms with Gasteiger partial charge in [-0.3, -0.25) is 19.7 Å². The first kappa shape index (κ1) is 19.0. The second-order valence-electron chi connectivity index (χ2n) is 7.20. The summed E-state index contributed by atoms with van der Waals surface area (Å²) >= 11 is 0. The molecular weight excluding hydrogens is 379 g/mol. The number of benzene rings is 2. The normalized spacial score (nSPS) is 20.4. The minimum absolute atomic E-state index is 0.0660. The number of para-hydroxylation sites is 1. The van der Waals surface area contributed by atoms with E-state index in [1.54, 1.807) is 18.2 Å². The first-order chi connectivity index (χ1) is 14.0. The summed E-state index contributed by atoms with van der Waals surface area (Å²) < 4.78 is 14.0. The molecule has 1 N–H and O–H groups in total. The number of halogens is 1. The summed E-state index contributed by atoms with van der Waals surface area (Å²) in [6.07, 6.45) is 0.0660. The number of quaternary nitrogens is 1. The first-order valence-corrected chi connectivity index (χ1v) is 9.41. The van der Waals surface area contributed by atoms with E-state index in [0.29, 0.717) is 31.9 Å². The molecule has 0 aromatic heterocycles. The second-order valence-corrected chi connectivity index (χ2v) is 7.20. The number of anilines is 2. The maximum absolute atomic E-state index is 14.0. The Morgan fingerprint density at radius 1 is 1.07 bits per heavy atom. The molecule has 0 unspecified atom stereocenters. The summed E-state index contributed by atoms with van der Waals surface area (Å²) in [6, 6.07) is 11.6. The average molecular weight is 399 g/mol. The van der Waals surface area contributed by atoms with Crippen LogP contribution in [0.3, 0.4) is 0 Å². The summed E-state index contributed by atoms with van der Waals surface area (Å²) in [7, 11) is 0. The van der Waals surface area contributed by atoms with Gasteiger partial charge >= 0.3 is 0 Å². The van der Waals surface area contributed by atoms with Crippen molar-refractivity contribution in [3.63, 3.8) is 0 Å². The Balaban J connectivity index is 1.47. The fraction of sp³-hybridized carbons (Fsp3) is 0.300. The Morgan fingerprint density at radius 3 is 2.48 bits per heavy atom. The Labute approximate surface area is 166 Å². The van der Waals surface area contributed by atoms with Crippen molar-refractivity contribution < 1.29 is 23.8 Å². The zero-order valence-electron chi connectivity index (χ0n) is 15.6. The molecule has 2 aliphatic heterocycles. The molecule has 0 bridgehead atoms. The van der Waals surface area contributed by atoms with Gasteiger partial charge in [0.1, 0.15) is 5.82 Å². The Bertz CT molecular complexity index is 974. The predicted molar refractivity (Wildman–Crippen MR) is 103 cm³/mol. The molecule has 2 saturated heterocycles. The Hall–Kier alpha value is -3.33. The summed E-state index contributed by atoms with van der Waals surface area (Å²) in [5.41, 5.74) is 0.595. The molecule has 0 spiro atoms. The van der Waals surface area contributed by atoms with Crippen LogP contribution in [0.5, 0.6) is 0 Å². The number of carbonyl (C=O) groups excluding carboxylic acids is 2. The molecule has 2 aromatic carbocycles. The minimum Gasteiger partial charge on any atom is -0.358 e. The van der Waals surface area contributed by atoms with Crippen molar-refractivity contribution in [3.05, 3.63) is 64.5 Å². The molecule has 150 valence electrons. The lowest BCUT2D eigenvalue weighted by Crippen LogP contribution is -3.19. The van der Waals surface area contributed by atoms with Crippen LogP contribution in [0.15, 0.2) is 48.5 Å². The molecule has 0 saturated carbocycles. The number of nitro benzene ring substituents is 1. The van der Waals surface area contributed by atoms with Crippen molar-refractivity contribution in [1.82, 2.24) is 0 Å². The molecule has 2 aromatic rings. The lowest BCUT2D eigenvalue weighted by Gasteiger charge is -2.35. The minimum atomic E-state index is -0.556. The van der Waals surface area contributed by atoms with Crippen molar-refractivity contribution in [3.8, 4) is 0 Å². The van der Waals surface area contributed by atoms with Gasteiger partial charge in [0.25, 0.3) is 11.6 Å². The van der Waals surface area contributed by atoms with Crippen LogP contribution >= 0.6 is 0 Å². The molecule has 2 aliphatic rings. The first-order valence-electron chi connectivity index (χ1n) is 9.41. The third-order valence-electron chi connectivity index (χ3n) is 5.54. The number of imide groups is 1. The maximum Gasteiger partial charge on any atom is 0.292 e. The maximum atomic E-state index is 14.0.